The number of halogens is 1. The highest BCUT2D eigenvalue weighted by atomic mass is 35.5. The summed E-state index contributed by atoms with van der Waals surface area (Å²) in [5, 5.41) is 11.1. The summed E-state index contributed by atoms with van der Waals surface area (Å²) < 4.78 is 5.72. The average molecular weight is 292 g/mol. The molecular formula is C16H18ClNO2. The maximum Gasteiger partial charge on any atom is 0.125 e. The second kappa shape index (κ2) is 6.16. The smallest absolute Gasteiger partial charge is 0.125 e. The molecule has 0 spiro atoms. The number of aliphatic hydroxyl groups is 1. The van der Waals surface area contributed by atoms with E-state index in [0.717, 1.165) is 0 Å². The number of ether oxygens (including phenoxy) is 1. The molecule has 0 aliphatic heterocycles. The SMILES string of the molecule is CC(C)Oc1ccccc1C(O)c1ccc(Cl)cc1N. The third-order valence-corrected chi connectivity index (χ3v) is 3.15. The molecule has 0 radical (unpaired) electrons. The van der Waals surface area contributed by atoms with Crippen LogP contribution >= 0.6 is 11.6 Å². The number of rotatable bonds is 4. The second-order valence-corrected chi connectivity index (χ2v) is 5.32. The van der Waals surface area contributed by atoms with Crippen molar-refractivity contribution in [1.29, 1.82) is 0 Å². The number of para-hydroxylation sites is 1. The minimum atomic E-state index is -0.845. The van der Waals surface area contributed by atoms with Gasteiger partial charge in [-0.3, -0.25) is 0 Å². The van der Waals surface area contributed by atoms with E-state index in [-0.39, 0.29) is 6.10 Å². The first kappa shape index (κ1) is 14.7. The molecule has 0 amide bonds. The molecule has 0 heterocycles. The summed E-state index contributed by atoms with van der Waals surface area (Å²) in [7, 11) is 0. The molecule has 2 aromatic rings. The molecule has 3 nitrogen and oxygen atoms in total. The van der Waals surface area contributed by atoms with Gasteiger partial charge in [-0.05, 0) is 32.0 Å². The van der Waals surface area contributed by atoms with Crippen LogP contribution in [0.5, 0.6) is 5.75 Å². The molecule has 0 saturated carbocycles. The van der Waals surface area contributed by atoms with E-state index in [9.17, 15) is 5.11 Å². The van der Waals surface area contributed by atoms with Crippen molar-refractivity contribution in [2.45, 2.75) is 26.1 Å². The predicted molar refractivity (Wildman–Crippen MR) is 82.1 cm³/mol. The maximum absolute atomic E-state index is 10.6. The topological polar surface area (TPSA) is 55.5 Å². The van der Waals surface area contributed by atoms with Gasteiger partial charge in [0.15, 0.2) is 0 Å². The fourth-order valence-corrected chi connectivity index (χ4v) is 2.21. The molecule has 1 unspecified atom stereocenters. The Morgan fingerprint density at radius 1 is 1.10 bits per heavy atom. The quantitative estimate of drug-likeness (QED) is 0.843. The van der Waals surface area contributed by atoms with Gasteiger partial charge in [-0.15, -0.1) is 0 Å². The van der Waals surface area contributed by atoms with Crippen molar-refractivity contribution in [3.05, 3.63) is 58.6 Å². The number of hydrogen-bond acceptors (Lipinski definition) is 3. The van der Waals surface area contributed by atoms with Gasteiger partial charge < -0.3 is 15.6 Å². The van der Waals surface area contributed by atoms with Crippen LogP contribution in [0.3, 0.4) is 0 Å². The summed E-state index contributed by atoms with van der Waals surface area (Å²) >= 11 is 5.88. The van der Waals surface area contributed by atoms with Crippen molar-refractivity contribution < 1.29 is 9.84 Å². The third-order valence-electron chi connectivity index (χ3n) is 2.92. The van der Waals surface area contributed by atoms with Gasteiger partial charge in [-0.2, -0.15) is 0 Å². The van der Waals surface area contributed by atoms with Gasteiger partial charge in [0.25, 0.3) is 0 Å². The van der Waals surface area contributed by atoms with Crippen molar-refractivity contribution in [3.8, 4) is 5.75 Å². The monoisotopic (exact) mass is 291 g/mol. The molecule has 2 aromatic carbocycles. The Kier molecular flexibility index (Phi) is 4.53. The first-order chi connectivity index (χ1) is 9.49. The van der Waals surface area contributed by atoms with Crippen LogP contribution in [0.1, 0.15) is 31.1 Å². The summed E-state index contributed by atoms with van der Waals surface area (Å²) in [5.41, 5.74) is 7.70. The van der Waals surface area contributed by atoms with E-state index < -0.39 is 6.10 Å². The van der Waals surface area contributed by atoms with Gasteiger partial charge in [0.05, 0.1) is 6.10 Å². The van der Waals surface area contributed by atoms with Crippen molar-refractivity contribution in [3.63, 3.8) is 0 Å². The lowest BCUT2D eigenvalue weighted by atomic mass is 9.99. The van der Waals surface area contributed by atoms with Crippen LogP contribution in [-0.2, 0) is 0 Å². The van der Waals surface area contributed by atoms with Crippen LogP contribution in [0, 0.1) is 0 Å². The average Bonchev–Trinajstić information content (AvgIpc) is 2.38. The van der Waals surface area contributed by atoms with Gasteiger partial charge in [0.1, 0.15) is 11.9 Å². The van der Waals surface area contributed by atoms with Gasteiger partial charge in [-0.1, -0.05) is 35.9 Å². The first-order valence-corrected chi connectivity index (χ1v) is 6.85. The summed E-state index contributed by atoms with van der Waals surface area (Å²) in [4.78, 5) is 0. The lowest BCUT2D eigenvalue weighted by Crippen LogP contribution is -2.10. The molecule has 0 aliphatic rings. The van der Waals surface area contributed by atoms with E-state index in [1.54, 1.807) is 18.2 Å². The number of nitrogen functional groups attached to an aromatic ring is 1. The molecule has 0 aromatic heterocycles. The Morgan fingerprint density at radius 3 is 2.45 bits per heavy atom. The van der Waals surface area contributed by atoms with Crippen LogP contribution in [0.2, 0.25) is 5.02 Å². The normalized spacial score (nSPS) is 12.4. The Balaban J connectivity index is 2.40. The minimum absolute atomic E-state index is 0.0333. The number of nitrogens with two attached hydrogens (primary N) is 1. The molecule has 0 fully saturated rings. The Morgan fingerprint density at radius 2 is 1.80 bits per heavy atom. The van der Waals surface area contributed by atoms with Crippen molar-refractivity contribution in [2.24, 2.45) is 0 Å². The van der Waals surface area contributed by atoms with Crippen LogP contribution in [0.4, 0.5) is 5.69 Å². The summed E-state index contributed by atoms with van der Waals surface area (Å²) in [6.07, 6.45) is -0.812. The summed E-state index contributed by atoms with van der Waals surface area (Å²) in [6.45, 7) is 3.89. The van der Waals surface area contributed by atoms with Gasteiger partial charge in [0, 0.05) is 21.8 Å². The number of benzene rings is 2. The Labute approximate surface area is 123 Å². The van der Waals surface area contributed by atoms with E-state index in [0.29, 0.717) is 27.6 Å². The zero-order valence-corrected chi connectivity index (χ0v) is 12.3. The highest BCUT2D eigenvalue weighted by Gasteiger charge is 2.18. The zero-order valence-electron chi connectivity index (χ0n) is 11.5. The van der Waals surface area contributed by atoms with Crippen molar-refractivity contribution in [1.82, 2.24) is 0 Å². The molecule has 4 heteroatoms. The van der Waals surface area contributed by atoms with Gasteiger partial charge in [-0.25, -0.2) is 0 Å². The van der Waals surface area contributed by atoms with E-state index >= 15 is 0 Å². The molecule has 1 atom stereocenters. The zero-order chi connectivity index (χ0) is 14.7. The molecule has 0 aliphatic carbocycles. The van der Waals surface area contributed by atoms with Gasteiger partial charge >= 0.3 is 0 Å². The molecule has 106 valence electrons. The lowest BCUT2D eigenvalue weighted by Gasteiger charge is -2.19. The largest absolute Gasteiger partial charge is 0.491 e. The number of hydrogen-bond donors (Lipinski definition) is 2. The molecule has 20 heavy (non-hydrogen) atoms. The van der Waals surface area contributed by atoms with Crippen LogP contribution < -0.4 is 10.5 Å². The number of anilines is 1. The fourth-order valence-electron chi connectivity index (χ4n) is 2.03. The van der Waals surface area contributed by atoms with Gasteiger partial charge in [0.2, 0.25) is 0 Å². The minimum Gasteiger partial charge on any atom is -0.491 e. The van der Waals surface area contributed by atoms with Crippen LogP contribution in [0.25, 0.3) is 0 Å². The third kappa shape index (κ3) is 3.24. The van der Waals surface area contributed by atoms with E-state index in [4.69, 9.17) is 22.1 Å². The van der Waals surface area contributed by atoms with Crippen LogP contribution in [0.15, 0.2) is 42.5 Å². The standard InChI is InChI=1S/C16H18ClNO2/c1-10(2)20-15-6-4-3-5-13(15)16(19)12-8-7-11(17)9-14(12)18/h3-10,16,19H,18H2,1-2H3. The van der Waals surface area contributed by atoms with Crippen LogP contribution in [-0.4, -0.2) is 11.2 Å². The fraction of sp³-hybridized carbons (Fsp3) is 0.250. The van der Waals surface area contributed by atoms with Crippen molar-refractivity contribution in [2.75, 3.05) is 5.73 Å². The van der Waals surface area contributed by atoms with E-state index in [1.165, 1.54) is 0 Å². The maximum atomic E-state index is 10.6. The summed E-state index contributed by atoms with van der Waals surface area (Å²) in [5.74, 6) is 0.657. The highest BCUT2D eigenvalue weighted by Crippen LogP contribution is 2.34. The lowest BCUT2D eigenvalue weighted by molar-refractivity contribution is 0.198. The molecule has 3 N–H and O–H groups in total. The predicted octanol–water partition coefficient (Wildman–Crippen LogP) is 3.79. The molecule has 0 bridgehead atoms. The van der Waals surface area contributed by atoms with E-state index in [2.05, 4.69) is 0 Å². The Bertz CT molecular complexity index is 599. The highest BCUT2D eigenvalue weighted by molar-refractivity contribution is 6.30. The molecule has 2 rings (SSSR count). The second-order valence-electron chi connectivity index (χ2n) is 4.88. The summed E-state index contributed by atoms with van der Waals surface area (Å²) in [6, 6.07) is 12.5. The Hall–Kier alpha value is -1.71. The first-order valence-electron chi connectivity index (χ1n) is 6.47. The number of aliphatic hydroxyl groups excluding tert-OH is 1. The van der Waals surface area contributed by atoms with Crippen molar-refractivity contribution >= 4 is 17.3 Å². The molecular weight excluding hydrogens is 274 g/mol. The molecule has 0 saturated heterocycles. The van der Waals surface area contributed by atoms with E-state index in [1.807, 2.05) is 38.1 Å².